The van der Waals surface area contributed by atoms with Crippen molar-refractivity contribution in [3.05, 3.63) is 48.6 Å². The largest absolute Gasteiger partial charge is 0.274 e. The number of para-hydroxylation sites is 2. The number of imide groups is 2. The topological polar surface area (TPSA) is 74.8 Å². The maximum Gasteiger partial charge on any atom is 0.260 e. The van der Waals surface area contributed by atoms with Gasteiger partial charge in [-0.1, -0.05) is 18.7 Å². The summed E-state index contributed by atoms with van der Waals surface area (Å²) >= 11 is 0. The van der Waals surface area contributed by atoms with Crippen LogP contribution < -0.4 is 9.80 Å². The number of nitrogens with zero attached hydrogens (tertiary/aromatic N) is 2. The number of hydrogen-bond donors (Lipinski definition) is 0. The second-order valence-electron chi connectivity index (χ2n) is 4.65. The molecular formula is C15H10N2O4. The molecule has 1 fully saturated rings. The van der Waals surface area contributed by atoms with Crippen LogP contribution in [0.4, 0.5) is 11.4 Å². The molecule has 0 N–H and O–H groups in total. The molecule has 0 atom stereocenters. The summed E-state index contributed by atoms with van der Waals surface area (Å²) in [4.78, 5) is 49.5. The minimum atomic E-state index is -0.514. The van der Waals surface area contributed by atoms with E-state index in [-0.39, 0.29) is 23.4 Å². The van der Waals surface area contributed by atoms with Crippen LogP contribution in [0.25, 0.3) is 0 Å². The van der Waals surface area contributed by atoms with Gasteiger partial charge >= 0.3 is 0 Å². The third-order valence-electron chi connectivity index (χ3n) is 3.29. The summed E-state index contributed by atoms with van der Waals surface area (Å²) in [7, 11) is 0. The molecule has 1 aromatic carbocycles. The predicted octanol–water partition coefficient (Wildman–Crippen LogP) is 0.935. The van der Waals surface area contributed by atoms with E-state index in [1.807, 2.05) is 0 Å². The molecular weight excluding hydrogens is 272 g/mol. The van der Waals surface area contributed by atoms with Crippen molar-refractivity contribution < 1.29 is 19.2 Å². The van der Waals surface area contributed by atoms with Gasteiger partial charge in [0.2, 0.25) is 5.91 Å². The Morgan fingerprint density at radius 1 is 0.857 bits per heavy atom. The highest BCUT2D eigenvalue weighted by Gasteiger charge is 2.37. The van der Waals surface area contributed by atoms with Crippen LogP contribution >= 0.6 is 0 Å². The highest BCUT2D eigenvalue weighted by molar-refractivity contribution is 6.33. The zero-order valence-corrected chi connectivity index (χ0v) is 10.9. The maximum atomic E-state index is 12.0. The number of carbonyl (C=O) groups is 4. The molecule has 6 nitrogen and oxygen atoms in total. The van der Waals surface area contributed by atoms with Crippen molar-refractivity contribution in [3.63, 3.8) is 0 Å². The zero-order chi connectivity index (χ0) is 15.1. The monoisotopic (exact) mass is 282 g/mol. The van der Waals surface area contributed by atoms with E-state index in [1.54, 1.807) is 12.1 Å². The molecule has 1 saturated heterocycles. The van der Waals surface area contributed by atoms with Crippen LogP contribution in [0.3, 0.4) is 0 Å². The Hall–Kier alpha value is -3.02. The van der Waals surface area contributed by atoms with Gasteiger partial charge in [-0.05, 0) is 12.1 Å². The molecule has 2 heterocycles. The molecule has 1 aromatic rings. The molecule has 0 bridgehead atoms. The Morgan fingerprint density at radius 2 is 1.38 bits per heavy atom. The van der Waals surface area contributed by atoms with Crippen molar-refractivity contribution in [2.75, 3.05) is 9.80 Å². The van der Waals surface area contributed by atoms with Gasteiger partial charge in [0, 0.05) is 17.7 Å². The molecule has 6 heteroatoms. The fraction of sp³-hybridized carbons (Fsp3) is 0.0667. The van der Waals surface area contributed by atoms with E-state index in [0.29, 0.717) is 0 Å². The van der Waals surface area contributed by atoms with Gasteiger partial charge in [-0.2, -0.15) is 0 Å². The Kier molecular flexibility index (Phi) is 2.79. The highest BCUT2D eigenvalue weighted by Crippen LogP contribution is 2.35. The first kappa shape index (κ1) is 13.0. The van der Waals surface area contributed by atoms with E-state index in [0.717, 1.165) is 22.0 Å². The van der Waals surface area contributed by atoms with E-state index in [9.17, 15) is 19.2 Å². The van der Waals surface area contributed by atoms with Gasteiger partial charge in [-0.15, -0.1) is 0 Å². The van der Waals surface area contributed by atoms with Crippen molar-refractivity contribution in [1.29, 1.82) is 0 Å². The molecule has 3 rings (SSSR count). The summed E-state index contributed by atoms with van der Waals surface area (Å²) in [6.07, 6.45) is 2.23. The van der Waals surface area contributed by atoms with Gasteiger partial charge < -0.3 is 0 Å². The Balaban J connectivity index is 2.11. The highest BCUT2D eigenvalue weighted by atomic mass is 16.2. The second kappa shape index (κ2) is 4.52. The first-order chi connectivity index (χ1) is 10.0. The summed E-state index contributed by atoms with van der Waals surface area (Å²) in [5, 5.41) is 0. The summed E-state index contributed by atoms with van der Waals surface area (Å²) < 4.78 is 0. The first-order valence-electron chi connectivity index (χ1n) is 6.21. The number of carbonyl (C=O) groups excluding carboxylic acids is 4. The Labute approximate surface area is 119 Å². The molecule has 2 aliphatic rings. The van der Waals surface area contributed by atoms with E-state index < -0.39 is 23.6 Å². The lowest BCUT2D eigenvalue weighted by molar-refractivity contribution is -0.122. The van der Waals surface area contributed by atoms with Gasteiger partial charge in [0.15, 0.2) is 0 Å². The average molecular weight is 282 g/mol. The fourth-order valence-electron chi connectivity index (χ4n) is 2.33. The normalized spacial score (nSPS) is 18.4. The van der Waals surface area contributed by atoms with E-state index in [4.69, 9.17) is 0 Å². The van der Waals surface area contributed by atoms with Crippen molar-refractivity contribution in [2.45, 2.75) is 6.42 Å². The Morgan fingerprint density at radius 3 is 1.86 bits per heavy atom. The van der Waals surface area contributed by atoms with Gasteiger partial charge in [0.25, 0.3) is 17.7 Å². The van der Waals surface area contributed by atoms with Gasteiger partial charge in [0.05, 0.1) is 17.8 Å². The molecule has 21 heavy (non-hydrogen) atoms. The molecule has 0 spiro atoms. The van der Waals surface area contributed by atoms with Crippen LogP contribution in [0.1, 0.15) is 6.42 Å². The summed E-state index contributed by atoms with van der Waals surface area (Å²) in [5.41, 5.74) is 0.595. The third kappa shape index (κ3) is 1.88. The standard InChI is InChI=1S/C15H10N2O4/c1-9-8-14(20)17(15(9)21)11-5-3-2-4-10(11)16-12(18)6-7-13(16)19/h2-7H,1,8H2. The minimum Gasteiger partial charge on any atom is -0.274 e. The van der Waals surface area contributed by atoms with Gasteiger partial charge in [0.1, 0.15) is 0 Å². The number of amides is 4. The summed E-state index contributed by atoms with van der Waals surface area (Å²) in [6.45, 7) is 3.55. The van der Waals surface area contributed by atoms with E-state index in [1.165, 1.54) is 12.1 Å². The van der Waals surface area contributed by atoms with E-state index >= 15 is 0 Å². The number of benzene rings is 1. The molecule has 104 valence electrons. The molecule has 0 saturated carbocycles. The summed E-state index contributed by atoms with van der Waals surface area (Å²) in [6, 6.07) is 6.28. The number of rotatable bonds is 2. The van der Waals surface area contributed by atoms with Crippen LogP contribution in [0, 0.1) is 0 Å². The second-order valence-corrected chi connectivity index (χ2v) is 4.65. The fourth-order valence-corrected chi connectivity index (χ4v) is 2.33. The molecule has 0 aliphatic carbocycles. The van der Waals surface area contributed by atoms with Crippen molar-refractivity contribution in [1.82, 2.24) is 0 Å². The third-order valence-corrected chi connectivity index (χ3v) is 3.29. The Bertz CT molecular complexity index is 730. The molecule has 0 radical (unpaired) electrons. The van der Waals surface area contributed by atoms with Crippen LogP contribution in [-0.4, -0.2) is 23.6 Å². The predicted molar refractivity (Wildman–Crippen MR) is 74.3 cm³/mol. The minimum absolute atomic E-state index is 0.0622. The molecule has 4 amide bonds. The van der Waals surface area contributed by atoms with E-state index in [2.05, 4.69) is 6.58 Å². The van der Waals surface area contributed by atoms with Crippen molar-refractivity contribution >= 4 is 35.0 Å². The number of hydrogen-bond acceptors (Lipinski definition) is 4. The number of anilines is 2. The van der Waals surface area contributed by atoms with Crippen LogP contribution in [0.5, 0.6) is 0 Å². The summed E-state index contributed by atoms with van der Waals surface area (Å²) in [5.74, 6) is -1.96. The molecule has 2 aliphatic heterocycles. The quantitative estimate of drug-likeness (QED) is 0.597. The van der Waals surface area contributed by atoms with Crippen molar-refractivity contribution in [2.24, 2.45) is 0 Å². The lowest BCUT2D eigenvalue weighted by Crippen LogP contribution is -2.34. The van der Waals surface area contributed by atoms with Crippen LogP contribution in [-0.2, 0) is 19.2 Å². The van der Waals surface area contributed by atoms with Crippen molar-refractivity contribution in [3.8, 4) is 0 Å². The van der Waals surface area contributed by atoms with Crippen LogP contribution in [0.15, 0.2) is 48.6 Å². The lowest BCUT2D eigenvalue weighted by atomic mass is 10.2. The molecule has 0 unspecified atom stereocenters. The van der Waals surface area contributed by atoms with Gasteiger partial charge in [-0.25, -0.2) is 9.80 Å². The van der Waals surface area contributed by atoms with Crippen LogP contribution in [0.2, 0.25) is 0 Å². The zero-order valence-electron chi connectivity index (χ0n) is 10.9. The maximum absolute atomic E-state index is 12.0. The first-order valence-corrected chi connectivity index (χ1v) is 6.21. The van der Waals surface area contributed by atoms with Gasteiger partial charge in [-0.3, -0.25) is 19.2 Å². The lowest BCUT2D eigenvalue weighted by Gasteiger charge is -2.22. The average Bonchev–Trinajstić information content (AvgIpc) is 2.90. The SMILES string of the molecule is C=C1CC(=O)N(c2ccccc2N2C(=O)C=CC2=O)C1=O. The smallest absolute Gasteiger partial charge is 0.260 e. The molecule has 0 aromatic heterocycles.